The van der Waals surface area contributed by atoms with Gasteiger partial charge in [0.05, 0.1) is 6.54 Å². The van der Waals surface area contributed by atoms with Crippen LogP contribution in [0.4, 0.5) is 0 Å². The molecule has 2 nitrogen and oxygen atoms in total. The third-order valence-electron chi connectivity index (χ3n) is 2.48. The Morgan fingerprint density at radius 1 is 1.38 bits per heavy atom. The Bertz CT molecular complexity index is 264. The molecule has 0 N–H and O–H groups in total. The van der Waals surface area contributed by atoms with Crippen molar-refractivity contribution < 1.29 is 0 Å². The van der Waals surface area contributed by atoms with Gasteiger partial charge in [0.25, 0.3) is 0 Å². The molecule has 0 atom stereocenters. The van der Waals surface area contributed by atoms with Gasteiger partial charge in [0.15, 0.2) is 0 Å². The number of nitrogens with zero attached hydrogens (tertiary/aromatic N) is 2. The van der Waals surface area contributed by atoms with Crippen molar-refractivity contribution in [3.8, 4) is 0 Å². The first-order valence-electron chi connectivity index (χ1n) is 4.98. The van der Waals surface area contributed by atoms with Crippen molar-refractivity contribution in [1.29, 1.82) is 0 Å². The molecule has 0 unspecified atom stereocenters. The average Bonchev–Trinajstić information content (AvgIpc) is 2.53. The largest absolute Gasteiger partial charge is 0.297 e. The Kier molecular flexibility index (Phi) is 2.96. The quantitative estimate of drug-likeness (QED) is 0.722. The zero-order chi connectivity index (χ0) is 9.10. The molecule has 2 rings (SSSR count). The first-order chi connectivity index (χ1) is 6.34. The Balaban J connectivity index is 1.89. The molecule has 1 aliphatic heterocycles. The molecule has 0 spiro atoms. The lowest BCUT2D eigenvalue weighted by molar-refractivity contribution is 0.220. The first kappa shape index (κ1) is 9.16. The molecule has 0 aliphatic carbocycles. The average molecular weight is 196 g/mol. The number of aromatic nitrogens is 1. The Labute approximate surface area is 83.6 Å². The summed E-state index contributed by atoms with van der Waals surface area (Å²) in [5.74, 6) is 0. The summed E-state index contributed by atoms with van der Waals surface area (Å²) in [4.78, 5) is 8.23. The van der Waals surface area contributed by atoms with Crippen LogP contribution in [-0.4, -0.2) is 23.0 Å². The summed E-state index contributed by atoms with van der Waals surface area (Å²) in [6.07, 6.45) is 6.12. The number of hydrogen-bond donors (Lipinski definition) is 0. The molecule has 1 aliphatic rings. The summed E-state index contributed by atoms with van der Waals surface area (Å²) >= 11 is 1.83. The van der Waals surface area contributed by atoms with Crippen LogP contribution in [-0.2, 0) is 6.54 Å². The second-order valence-corrected chi connectivity index (χ2v) is 5.02. The van der Waals surface area contributed by atoms with Crippen molar-refractivity contribution in [2.75, 3.05) is 13.1 Å². The summed E-state index contributed by atoms with van der Waals surface area (Å²) in [6.45, 7) is 5.72. The SMILES string of the molecule is Cc1cnc(CN2CCCCC2)s1. The van der Waals surface area contributed by atoms with E-state index in [9.17, 15) is 0 Å². The molecule has 0 saturated carbocycles. The van der Waals surface area contributed by atoms with Crippen molar-refractivity contribution in [3.05, 3.63) is 16.1 Å². The number of rotatable bonds is 2. The lowest BCUT2D eigenvalue weighted by Gasteiger charge is -2.25. The molecule has 0 bridgehead atoms. The fourth-order valence-electron chi connectivity index (χ4n) is 1.78. The maximum Gasteiger partial charge on any atom is 0.107 e. The van der Waals surface area contributed by atoms with Crippen LogP contribution in [0.5, 0.6) is 0 Å². The Hall–Kier alpha value is -0.410. The summed E-state index contributed by atoms with van der Waals surface area (Å²) in [7, 11) is 0. The van der Waals surface area contributed by atoms with Crippen LogP contribution in [0.3, 0.4) is 0 Å². The van der Waals surface area contributed by atoms with E-state index in [0.717, 1.165) is 6.54 Å². The van der Waals surface area contributed by atoms with Gasteiger partial charge in [0.2, 0.25) is 0 Å². The molecule has 2 heterocycles. The molecular weight excluding hydrogens is 180 g/mol. The van der Waals surface area contributed by atoms with E-state index in [1.54, 1.807) is 0 Å². The minimum atomic E-state index is 1.07. The zero-order valence-corrected chi connectivity index (χ0v) is 8.94. The highest BCUT2D eigenvalue weighted by atomic mass is 32.1. The van der Waals surface area contributed by atoms with Crippen LogP contribution in [0.1, 0.15) is 29.1 Å². The van der Waals surface area contributed by atoms with Gasteiger partial charge >= 0.3 is 0 Å². The van der Waals surface area contributed by atoms with E-state index in [-0.39, 0.29) is 0 Å². The molecule has 13 heavy (non-hydrogen) atoms. The molecule has 72 valence electrons. The molecule has 0 amide bonds. The Morgan fingerprint density at radius 2 is 2.15 bits per heavy atom. The lowest BCUT2D eigenvalue weighted by Crippen LogP contribution is -2.28. The zero-order valence-electron chi connectivity index (χ0n) is 8.12. The van der Waals surface area contributed by atoms with E-state index in [1.807, 2.05) is 17.5 Å². The van der Waals surface area contributed by atoms with Crippen molar-refractivity contribution in [1.82, 2.24) is 9.88 Å². The highest BCUT2D eigenvalue weighted by Crippen LogP contribution is 2.16. The van der Waals surface area contributed by atoms with Crippen molar-refractivity contribution >= 4 is 11.3 Å². The van der Waals surface area contributed by atoms with Crippen LogP contribution in [0.15, 0.2) is 6.20 Å². The third-order valence-corrected chi connectivity index (χ3v) is 3.37. The van der Waals surface area contributed by atoms with Gasteiger partial charge in [-0.05, 0) is 32.9 Å². The molecule has 1 aromatic rings. The third kappa shape index (κ3) is 2.51. The highest BCUT2D eigenvalue weighted by molar-refractivity contribution is 7.11. The topological polar surface area (TPSA) is 16.1 Å². The second kappa shape index (κ2) is 4.20. The maximum absolute atomic E-state index is 4.39. The van der Waals surface area contributed by atoms with Gasteiger partial charge in [-0.2, -0.15) is 0 Å². The summed E-state index contributed by atoms with van der Waals surface area (Å²) < 4.78 is 0. The molecule has 1 saturated heterocycles. The van der Waals surface area contributed by atoms with Gasteiger partial charge in [0, 0.05) is 11.1 Å². The minimum absolute atomic E-state index is 1.07. The number of aryl methyl sites for hydroxylation is 1. The number of likely N-dealkylation sites (tertiary alicyclic amines) is 1. The van der Waals surface area contributed by atoms with Crippen LogP contribution in [0.25, 0.3) is 0 Å². The lowest BCUT2D eigenvalue weighted by atomic mass is 10.1. The van der Waals surface area contributed by atoms with E-state index in [2.05, 4.69) is 16.8 Å². The van der Waals surface area contributed by atoms with Crippen molar-refractivity contribution in [2.24, 2.45) is 0 Å². The van der Waals surface area contributed by atoms with Crippen LogP contribution in [0.2, 0.25) is 0 Å². The first-order valence-corrected chi connectivity index (χ1v) is 5.80. The van der Waals surface area contributed by atoms with Crippen LogP contribution in [0, 0.1) is 6.92 Å². The standard InChI is InChI=1S/C10H16N2S/c1-9-7-11-10(13-9)8-12-5-3-2-4-6-12/h7H,2-6,8H2,1H3. The van der Waals surface area contributed by atoms with E-state index in [4.69, 9.17) is 0 Å². The van der Waals surface area contributed by atoms with Gasteiger partial charge in [-0.25, -0.2) is 4.98 Å². The smallest absolute Gasteiger partial charge is 0.107 e. The highest BCUT2D eigenvalue weighted by Gasteiger charge is 2.11. The molecule has 0 radical (unpaired) electrons. The Morgan fingerprint density at radius 3 is 2.77 bits per heavy atom. The van der Waals surface area contributed by atoms with E-state index in [0.29, 0.717) is 0 Å². The van der Waals surface area contributed by atoms with E-state index < -0.39 is 0 Å². The monoisotopic (exact) mass is 196 g/mol. The van der Waals surface area contributed by atoms with Gasteiger partial charge in [0.1, 0.15) is 5.01 Å². The van der Waals surface area contributed by atoms with Crippen LogP contribution >= 0.6 is 11.3 Å². The molecular formula is C10H16N2S. The number of hydrogen-bond acceptors (Lipinski definition) is 3. The van der Waals surface area contributed by atoms with Gasteiger partial charge in [-0.15, -0.1) is 11.3 Å². The number of thiazole rings is 1. The second-order valence-electron chi connectivity index (χ2n) is 3.70. The van der Waals surface area contributed by atoms with Crippen LogP contribution < -0.4 is 0 Å². The maximum atomic E-state index is 4.39. The van der Waals surface area contributed by atoms with Crippen molar-refractivity contribution in [3.63, 3.8) is 0 Å². The van der Waals surface area contributed by atoms with E-state index in [1.165, 1.54) is 42.2 Å². The molecule has 3 heteroatoms. The molecule has 1 fully saturated rings. The minimum Gasteiger partial charge on any atom is -0.297 e. The fourth-order valence-corrected chi connectivity index (χ4v) is 2.61. The number of piperidine rings is 1. The van der Waals surface area contributed by atoms with Crippen molar-refractivity contribution in [2.45, 2.75) is 32.7 Å². The molecule has 0 aromatic carbocycles. The predicted molar refractivity (Wildman–Crippen MR) is 56.0 cm³/mol. The van der Waals surface area contributed by atoms with Gasteiger partial charge in [-0.1, -0.05) is 6.42 Å². The summed E-state index contributed by atoms with van der Waals surface area (Å²) in [6, 6.07) is 0. The summed E-state index contributed by atoms with van der Waals surface area (Å²) in [5, 5.41) is 1.28. The summed E-state index contributed by atoms with van der Waals surface area (Å²) in [5.41, 5.74) is 0. The fraction of sp³-hybridized carbons (Fsp3) is 0.700. The molecule has 1 aromatic heterocycles. The van der Waals surface area contributed by atoms with E-state index >= 15 is 0 Å². The van der Waals surface area contributed by atoms with Gasteiger partial charge in [-0.3, -0.25) is 4.90 Å². The normalized spacial score (nSPS) is 19.2. The van der Waals surface area contributed by atoms with Gasteiger partial charge < -0.3 is 0 Å². The predicted octanol–water partition coefficient (Wildman–Crippen LogP) is 2.44.